The van der Waals surface area contributed by atoms with Crippen LogP contribution in [0.25, 0.3) is 0 Å². The maximum Gasteiger partial charge on any atom is 0.412 e. The number of hydrogen-bond acceptors (Lipinski definition) is 5. The van der Waals surface area contributed by atoms with Crippen molar-refractivity contribution < 1.29 is 23.9 Å². The van der Waals surface area contributed by atoms with Crippen molar-refractivity contribution in [3.63, 3.8) is 0 Å². The molecule has 25 heavy (non-hydrogen) atoms. The molecule has 0 saturated carbocycles. The van der Waals surface area contributed by atoms with Gasteiger partial charge in [0.1, 0.15) is 11.3 Å². The van der Waals surface area contributed by atoms with Gasteiger partial charge < -0.3 is 9.47 Å². The Hall–Kier alpha value is -1.34. The molecule has 7 heteroatoms. The summed E-state index contributed by atoms with van der Waals surface area (Å²) in [4.78, 5) is 30.8. The van der Waals surface area contributed by atoms with E-state index in [1.165, 1.54) is 12.2 Å². The van der Waals surface area contributed by atoms with E-state index in [0.29, 0.717) is 13.0 Å². The van der Waals surface area contributed by atoms with Crippen LogP contribution in [0.3, 0.4) is 0 Å². The number of amides is 2. The highest BCUT2D eigenvalue weighted by atomic mass is 16.7. The van der Waals surface area contributed by atoms with Crippen LogP contribution in [-0.4, -0.2) is 60.1 Å². The van der Waals surface area contributed by atoms with Gasteiger partial charge in [0.2, 0.25) is 5.91 Å². The zero-order chi connectivity index (χ0) is 19.3. The van der Waals surface area contributed by atoms with Crippen molar-refractivity contribution in [1.29, 1.82) is 0 Å². The average molecular weight is 358 g/mol. The second kappa shape index (κ2) is 8.85. The largest absolute Gasteiger partial charge is 0.444 e. The van der Waals surface area contributed by atoms with Crippen LogP contribution in [0, 0.1) is 0 Å². The number of carbonyl (C=O) groups is 2. The summed E-state index contributed by atoms with van der Waals surface area (Å²) < 4.78 is 11.3. The summed E-state index contributed by atoms with van der Waals surface area (Å²) in [7, 11) is 3.09. The van der Waals surface area contributed by atoms with Gasteiger partial charge in [-0.25, -0.2) is 9.86 Å². The lowest BCUT2D eigenvalue weighted by Gasteiger charge is -2.35. The van der Waals surface area contributed by atoms with Crippen molar-refractivity contribution in [2.24, 2.45) is 0 Å². The van der Waals surface area contributed by atoms with Gasteiger partial charge in [-0.05, 0) is 47.5 Å². The Labute approximate surface area is 151 Å². The van der Waals surface area contributed by atoms with E-state index in [2.05, 4.69) is 0 Å². The third-order valence-electron chi connectivity index (χ3n) is 4.22. The van der Waals surface area contributed by atoms with E-state index < -0.39 is 11.3 Å². The van der Waals surface area contributed by atoms with Crippen LogP contribution in [0.15, 0.2) is 0 Å². The van der Waals surface area contributed by atoms with E-state index in [0.717, 1.165) is 25.7 Å². The van der Waals surface area contributed by atoms with Crippen molar-refractivity contribution in [2.45, 2.75) is 84.1 Å². The van der Waals surface area contributed by atoms with Gasteiger partial charge in [0.25, 0.3) is 0 Å². The highest BCUT2D eigenvalue weighted by molar-refractivity contribution is 5.74. The van der Waals surface area contributed by atoms with Crippen LogP contribution < -0.4 is 0 Å². The number of hydrogen-bond donors (Lipinski definition) is 0. The van der Waals surface area contributed by atoms with E-state index in [-0.39, 0.29) is 18.0 Å². The highest BCUT2D eigenvalue weighted by Crippen LogP contribution is 2.31. The number of carbonyl (C=O) groups excluding carboxylic acids is 2. The minimum absolute atomic E-state index is 0.00204. The first-order chi connectivity index (χ1) is 11.5. The number of nitrogens with zero attached hydrogens (tertiary/aromatic N) is 2. The molecule has 0 aromatic carbocycles. The molecule has 1 fully saturated rings. The van der Waals surface area contributed by atoms with E-state index >= 15 is 0 Å². The first-order valence-electron chi connectivity index (χ1n) is 8.95. The van der Waals surface area contributed by atoms with Crippen molar-refractivity contribution in [2.75, 3.05) is 20.8 Å². The Kier molecular flexibility index (Phi) is 7.68. The fourth-order valence-corrected chi connectivity index (χ4v) is 2.87. The molecule has 0 bridgehead atoms. The first kappa shape index (κ1) is 21.7. The SMILES string of the molecule is CON(C)C(=O)CCCCC[C@@H]1COC(C)(C)N1C(=O)OC(C)(C)C. The summed E-state index contributed by atoms with van der Waals surface area (Å²) in [5.41, 5.74) is -1.20. The van der Waals surface area contributed by atoms with Crippen LogP contribution in [0.5, 0.6) is 0 Å². The predicted molar refractivity (Wildman–Crippen MR) is 94.8 cm³/mol. The molecule has 1 atom stereocenters. The van der Waals surface area contributed by atoms with Gasteiger partial charge >= 0.3 is 6.09 Å². The monoisotopic (exact) mass is 358 g/mol. The Bertz CT molecular complexity index is 459. The standard InChI is InChI=1S/C18H34N2O5/c1-17(2,3)25-16(22)20-14(13-24-18(20,4)5)11-9-8-10-12-15(21)19(6)23-7/h14H,8-13H2,1-7H3/t14-/m1/s1. The number of hydroxylamine groups is 2. The van der Waals surface area contributed by atoms with Crippen molar-refractivity contribution in [1.82, 2.24) is 9.96 Å². The third kappa shape index (κ3) is 6.82. The molecule has 0 aromatic rings. The van der Waals surface area contributed by atoms with Gasteiger partial charge in [0, 0.05) is 13.5 Å². The molecule has 0 aromatic heterocycles. The Morgan fingerprint density at radius 3 is 2.44 bits per heavy atom. The Morgan fingerprint density at radius 1 is 1.24 bits per heavy atom. The first-order valence-corrected chi connectivity index (χ1v) is 8.95. The molecule has 1 aliphatic heterocycles. The number of unbranched alkanes of at least 4 members (excludes halogenated alkanes) is 2. The Morgan fingerprint density at radius 2 is 1.88 bits per heavy atom. The van der Waals surface area contributed by atoms with Crippen molar-refractivity contribution >= 4 is 12.0 Å². The summed E-state index contributed by atoms with van der Waals surface area (Å²) in [5, 5.41) is 1.25. The van der Waals surface area contributed by atoms with Gasteiger partial charge in [-0.3, -0.25) is 14.5 Å². The summed E-state index contributed by atoms with van der Waals surface area (Å²) in [6, 6.07) is 0.00204. The highest BCUT2D eigenvalue weighted by Gasteiger charge is 2.45. The topological polar surface area (TPSA) is 68.3 Å². The van der Waals surface area contributed by atoms with Crippen LogP contribution >= 0.6 is 0 Å². The molecular weight excluding hydrogens is 324 g/mol. The molecule has 0 aliphatic carbocycles. The second-order valence-corrected chi connectivity index (χ2v) is 7.94. The van der Waals surface area contributed by atoms with E-state index in [9.17, 15) is 9.59 Å². The molecule has 1 aliphatic rings. The second-order valence-electron chi connectivity index (χ2n) is 7.94. The van der Waals surface area contributed by atoms with Crippen molar-refractivity contribution in [3.8, 4) is 0 Å². The predicted octanol–water partition coefficient (Wildman–Crippen LogP) is 3.33. The van der Waals surface area contributed by atoms with Crippen LogP contribution in [0.1, 0.15) is 66.7 Å². The lowest BCUT2D eigenvalue weighted by Crippen LogP contribution is -2.49. The Balaban J connectivity index is 2.46. The maximum absolute atomic E-state index is 12.5. The van der Waals surface area contributed by atoms with Crippen LogP contribution in [-0.2, 0) is 19.1 Å². The van der Waals surface area contributed by atoms with Gasteiger partial charge in [-0.2, -0.15) is 0 Å². The summed E-state index contributed by atoms with van der Waals surface area (Å²) >= 11 is 0. The molecule has 1 rings (SSSR count). The summed E-state index contributed by atoms with van der Waals surface area (Å²) in [5.74, 6) is -0.0248. The number of ether oxygens (including phenoxy) is 2. The number of rotatable bonds is 7. The molecular formula is C18H34N2O5. The van der Waals surface area contributed by atoms with E-state index in [1.54, 1.807) is 11.9 Å². The molecule has 2 amide bonds. The summed E-state index contributed by atoms with van der Waals surface area (Å²) in [6.07, 6.45) is 3.60. The smallest absolute Gasteiger partial charge is 0.412 e. The molecule has 1 saturated heterocycles. The van der Waals surface area contributed by atoms with Gasteiger partial charge in [-0.15, -0.1) is 0 Å². The zero-order valence-electron chi connectivity index (χ0n) is 16.8. The van der Waals surface area contributed by atoms with Crippen LogP contribution in [0.4, 0.5) is 4.79 Å². The molecule has 0 N–H and O–H groups in total. The molecule has 7 nitrogen and oxygen atoms in total. The lowest BCUT2D eigenvalue weighted by atomic mass is 10.1. The lowest BCUT2D eigenvalue weighted by molar-refractivity contribution is -0.168. The summed E-state index contributed by atoms with van der Waals surface area (Å²) in [6.45, 7) is 9.86. The normalized spacial score (nSPS) is 19.8. The van der Waals surface area contributed by atoms with Crippen molar-refractivity contribution in [3.05, 3.63) is 0 Å². The zero-order valence-corrected chi connectivity index (χ0v) is 16.8. The third-order valence-corrected chi connectivity index (χ3v) is 4.22. The minimum Gasteiger partial charge on any atom is -0.444 e. The quantitative estimate of drug-likeness (QED) is 0.516. The van der Waals surface area contributed by atoms with Gasteiger partial charge in [-0.1, -0.05) is 12.8 Å². The molecule has 0 spiro atoms. The molecule has 1 heterocycles. The van der Waals surface area contributed by atoms with Gasteiger partial charge in [0.05, 0.1) is 19.8 Å². The van der Waals surface area contributed by atoms with Crippen LogP contribution in [0.2, 0.25) is 0 Å². The molecule has 146 valence electrons. The fraction of sp³-hybridized carbons (Fsp3) is 0.889. The molecule has 0 radical (unpaired) electrons. The maximum atomic E-state index is 12.5. The average Bonchev–Trinajstić information content (AvgIpc) is 2.78. The fourth-order valence-electron chi connectivity index (χ4n) is 2.87. The van der Waals surface area contributed by atoms with E-state index in [1.807, 2.05) is 34.6 Å². The van der Waals surface area contributed by atoms with Gasteiger partial charge in [0.15, 0.2) is 0 Å². The molecule has 0 unspecified atom stereocenters. The van der Waals surface area contributed by atoms with E-state index in [4.69, 9.17) is 14.3 Å². The minimum atomic E-state index is -0.663.